The van der Waals surface area contributed by atoms with Gasteiger partial charge in [0.15, 0.2) is 0 Å². The Morgan fingerprint density at radius 2 is 2.08 bits per heavy atom. The third-order valence-electron chi connectivity index (χ3n) is 1.02. The maximum absolute atomic E-state index is 10.9. The van der Waals surface area contributed by atoms with Crippen molar-refractivity contribution in [1.29, 1.82) is 0 Å². The van der Waals surface area contributed by atoms with Gasteiger partial charge in [-0.05, 0) is 0 Å². The second-order valence-electron chi connectivity index (χ2n) is 2.16. The maximum Gasteiger partial charge on any atom is 0.302 e. The van der Waals surface area contributed by atoms with Crippen LogP contribution < -0.4 is 4.72 Å². The molecule has 0 aliphatic rings. The fourth-order valence-electron chi connectivity index (χ4n) is 0.587. The van der Waals surface area contributed by atoms with Gasteiger partial charge in [0.05, 0.1) is 5.75 Å². The predicted octanol–water partition coefficient (Wildman–Crippen LogP) is -0.511. The monoisotopic (exact) mass is 195 g/mol. The third-order valence-corrected chi connectivity index (χ3v) is 2.45. The van der Waals surface area contributed by atoms with Crippen LogP contribution >= 0.6 is 0 Å². The molecule has 0 radical (unpaired) electrons. The zero-order valence-electron chi connectivity index (χ0n) is 7.16. The van der Waals surface area contributed by atoms with Crippen LogP contribution in [0.5, 0.6) is 0 Å². The van der Waals surface area contributed by atoms with E-state index < -0.39 is 16.0 Å². The molecule has 0 aromatic heterocycles. The van der Waals surface area contributed by atoms with E-state index in [0.29, 0.717) is 6.54 Å². The highest BCUT2D eigenvalue weighted by Crippen LogP contribution is 1.85. The van der Waals surface area contributed by atoms with Crippen molar-refractivity contribution < 1.29 is 17.9 Å². The molecule has 0 spiro atoms. The number of nitrogens with one attached hydrogen (secondary N) is 1. The molecule has 1 N–H and O–H groups in total. The summed E-state index contributed by atoms with van der Waals surface area (Å²) in [4.78, 5) is 10.3. The average molecular weight is 195 g/mol. The van der Waals surface area contributed by atoms with Gasteiger partial charge < -0.3 is 4.74 Å². The standard InChI is InChI=1S/C6H13NO4S/c1-3-7-12(9,10)5-4-11-6(2)8/h7H,3-5H2,1-2H3. The van der Waals surface area contributed by atoms with E-state index in [1.165, 1.54) is 6.92 Å². The Morgan fingerprint density at radius 3 is 2.50 bits per heavy atom. The number of rotatable bonds is 5. The second-order valence-corrected chi connectivity index (χ2v) is 4.08. The molecule has 72 valence electrons. The van der Waals surface area contributed by atoms with Crippen molar-refractivity contribution >= 4 is 16.0 Å². The summed E-state index contributed by atoms with van der Waals surface area (Å²) in [5.74, 6) is -0.651. The van der Waals surface area contributed by atoms with Gasteiger partial charge >= 0.3 is 5.97 Å². The lowest BCUT2D eigenvalue weighted by atomic mass is 10.8. The Hall–Kier alpha value is -0.620. The molecule has 5 nitrogen and oxygen atoms in total. The first-order chi connectivity index (χ1) is 5.48. The molecule has 0 atom stereocenters. The van der Waals surface area contributed by atoms with E-state index in [-0.39, 0.29) is 12.4 Å². The predicted molar refractivity (Wildman–Crippen MR) is 44.1 cm³/mol. The zero-order chi connectivity index (χ0) is 9.61. The molecular weight excluding hydrogens is 182 g/mol. The minimum atomic E-state index is -3.25. The molecule has 12 heavy (non-hydrogen) atoms. The molecule has 0 aromatic rings. The van der Waals surface area contributed by atoms with Crippen LogP contribution in [0, 0.1) is 0 Å². The van der Waals surface area contributed by atoms with Crippen molar-refractivity contribution in [3.05, 3.63) is 0 Å². The van der Waals surface area contributed by atoms with Crippen molar-refractivity contribution in [2.45, 2.75) is 13.8 Å². The highest BCUT2D eigenvalue weighted by molar-refractivity contribution is 7.89. The van der Waals surface area contributed by atoms with Gasteiger partial charge in [-0.25, -0.2) is 13.1 Å². The first-order valence-electron chi connectivity index (χ1n) is 3.58. The first-order valence-corrected chi connectivity index (χ1v) is 5.24. The molecular formula is C6H13NO4S. The summed E-state index contributed by atoms with van der Waals surface area (Å²) in [7, 11) is -3.25. The molecule has 0 bridgehead atoms. The highest BCUT2D eigenvalue weighted by atomic mass is 32.2. The smallest absolute Gasteiger partial charge is 0.302 e. The number of ether oxygens (including phenoxy) is 1. The van der Waals surface area contributed by atoms with Gasteiger partial charge in [-0.2, -0.15) is 0 Å². The molecule has 0 saturated carbocycles. The fraction of sp³-hybridized carbons (Fsp3) is 0.833. The number of esters is 1. The van der Waals surface area contributed by atoms with E-state index in [2.05, 4.69) is 9.46 Å². The first kappa shape index (κ1) is 11.4. The van der Waals surface area contributed by atoms with Crippen LogP contribution in [0.15, 0.2) is 0 Å². The summed E-state index contributed by atoms with van der Waals surface area (Å²) in [6.07, 6.45) is 0. The number of sulfonamides is 1. The Labute approximate surface area is 72.1 Å². The zero-order valence-corrected chi connectivity index (χ0v) is 7.98. The summed E-state index contributed by atoms with van der Waals surface area (Å²) in [5.41, 5.74) is 0. The van der Waals surface area contributed by atoms with Crippen molar-refractivity contribution in [3.8, 4) is 0 Å². The van der Waals surface area contributed by atoms with Crippen LogP contribution in [-0.4, -0.2) is 33.3 Å². The summed E-state index contributed by atoms with van der Waals surface area (Å²) in [6.45, 7) is 3.18. The topological polar surface area (TPSA) is 72.5 Å². The summed E-state index contributed by atoms with van der Waals surface area (Å²) < 4.78 is 28.6. The minimum absolute atomic E-state index is 0.0926. The van der Waals surface area contributed by atoms with Gasteiger partial charge in [0.25, 0.3) is 0 Å². The van der Waals surface area contributed by atoms with E-state index >= 15 is 0 Å². The van der Waals surface area contributed by atoms with Crippen LogP contribution in [0.2, 0.25) is 0 Å². The lowest BCUT2D eigenvalue weighted by Crippen LogP contribution is -2.28. The SMILES string of the molecule is CCNS(=O)(=O)CCOC(C)=O. The number of carbonyl (C=O) groups is 1. The lowest BCUT2D eigenvalue weighted by Gasteiger charge is -2.03. The Balaban J connectivity index is 3.69. The van der Waals surface area contributed by atoms with Gasteiger partial charge in [0.1, 0.15) is 6.61 Å². The molecule has 0 unspecified atom stereocenters. The molecule has 0 rings (SSSR count). The van der Waals surface area contributed by atoms with Crippen LogP contribution in [-0.2, 0) is 19.6 Å². The molecule has 0 fully saturated rings. The summed E-state index contributed by atoms with van der Waals surface area (Å²) >= 11 is 0. The van der Waals surface area contributed by atoms with Crippen molar-refractivity contribution in [2.24, 2.45) is 0 Å². The van der Waals surface area contributed by atoms with Gasteiger partial charge in [-0.3, -0.25) is 4.79 Å². The summed E-state index contributed by atoms with van der Waals surface area (Å²) in [6, 6.07) is 0. The maximum atomic E-state index is 10.9. The molecule has 0 heterocycles. The van der Waals surface area contributed by atoms with Crippen molar-refractivity contribution in [3.63, 3.8) is 0 Å². The third kappa shape index (κ3) is 6.11. The highest BCUT2D eigenvalue weighted by Gasteiger charge is 2.08. The molecule has 0 amide bonds. The minimum Gasteiger partial charge on any atom is -0.465 e. The van der Waals surface area contributed by atoms with Crippen LogP contribution in [0.25, 0.3) is 0 Å². The molecule has 6 heteroatoms. The Bertz CT molecular complexity index is 234. The number of carbonyl (C=O) groups excluding carboxylic acids is 1. The second kappa shape index (κ2) is 5.10. The quantitative estimate of drug-likeness (QED) is 0.600. The normalized spacial score (nSPS) is 11.2. The lowest BCUT2D eigenvalue weighted by molar-refractivity contribution is -0.140. The number of hydrogen-bond acceptors (Lipinski definition) is 4. The van der Waals surface area contributed by atoms with E-state index in [9.17, 15) is 13.2 Å². The Kier molecular flexibility index (Phi) is 4.84. The van der Waals surface area contributed by atoms with Gasteiger partial charge in [0, 0.05) is 13.5 Å². The van der Waals surface area contributed by atoms with Gasteiger partial charge in [-0.15, -0.1) is 0 Å². The molecule has 0 aromatic carbocycles. The van der Waals surface area contributed by atoms with E-state index in [1.54, 1.807) is 6.92 Å². The van der Waals surface area contributed by atoms with E-state index in [0.717, 1.165) is 0 Å². The molecule has 0 aliphatic heterocycles. The Morgan fingerprint density at radius 1 is 1.50 bits per heavy atom. The molecule has 0 saturated heterocycles. The van der Waals surface area contributed by atoms with Crippen LogP contribution in [0.1, 0.15) is 13.8 Å². The van der Waals surface area contributed by atoms with Crippen molar-refractivity contribution in [2.75, 3.05) is 18.9 Å². The van der Waals surface area contributed by atoms with E-state index in [4.69, 9.17) is 0 Å². The van der Waals surface area contributed by atoms with Gasteiger partial charge in [-0.1, -0.05) is 6.92 Å². The van der Waals surface area contributed by atoms with Crippen LogP contribution in [0.4, 0.5) is 0 Å². The summed E-state index contributed by atoms with van der Waals surface area (Å²) in [5, 5.41) is 0. The van der Waals surface area contributed by atoms with Gasteiger partial charge in [0.2, 0.25) is 10.0 Å². The van der Waals surface area contributed by atoms with Crippen molar-refractivity contribution in [1.82, 2.24) is 4.72 Å². The number of hydrogen-bond donors (Lipinski definition) is 1. The molecule has 0 aliphatic carbocycles. The average Bonchev–Trinajstić information content (AvgIpc) is 1.85. The fourth-order valence-corrected chi connectivity index (χ4v) is 1.47. The largest absolute Gasteiger partial charge is 0.465 e. The van der Waals surface area contributed by atoms with E-state index in [1.807, 2.05) is 0 Å². The van der Waals surface area contributed by atoms with Crippen LogP contribution in [0.3, 0.4) is 0 Å².